The molecule has 2 N–H and O–H groups in total. The van der Waals surface area contributed by atoms with Crippen molar-refractivity contribution >= 4 is 29.6 Å². The quantitative estimate of drug-likeness (QED) is 0.381. The van der Waals surface area contributed by atoms with Crippen LogP contribution in [0.4, 0.5) is 11.4 Å². The number of nitrogens with zero attached hydrogens (tertiary/aromatic N) is 2. The molecule has 0 spiro atoms. The van der Waals surface area contributed by atoms with Crippen molar-refractivity contribution in [3.63, 3.8) is 0 Å². The fourth-order valence-electron chi connectivity index (χ4n) is 1.78. The monoisotopic (exact) mass is 312 g/mol. The first kappa shape index (κ1) is 15.9. The number of aromatic hydroxyl groups is 1. The molecule has 0 bridgehead atoms. The second-order valence-corrected chi connectivity index (χ2v) is 4.52. The van der Waals surface area contributed by atoms with Crippen molar-refractivity contribution in [2.75, 3.05) is 0 Å². The van der Waals surface area contributed by atoms with Gasteiger partial charge in [0, 0.05) is 30.0 Å². The van der Waals surface area contributed by atoms with Gasteiger partial charge < -0.3 is 10.2 Å². The lowest BCUT2D eigenvalue weighted by Gasteiger charge is -1.99. The fourth-order valence-corrected chi connectivity index (χ4v) is 1.78. The second-order valence-electron chi connectivity index (χ2n) is 4.52. The fraction of sp³-hybridized carbons (Fsp3) is 0. The van der Waals surface area contributed by atoms with Crippen LogP contribution in [0.2, 0.25) is 0 Å². The predicted octanol–water partition coefficient (Wildman–Crippen LogP) is 3.15. The molecule has 2 aromatic carbocycles. The molecular formula is C16H12N2O5. The largest absolute Gasteiger partial charge is 0.507 e. The predicted molar refractivity (Wildman–Crippen MR) is 85.1 cm³/mol. The van der Waals surface area contributed by atoms with E-state index in [0.29, 0.717) is 11.3 Å². The van der Waals surface area contributed by atoms with E-state index in [9.17, 15) is 20.0 Å². The average molecular weight is 312 g/mol. The number of rotatable bonds is 5. The number of aliphatic carboxylic acids is 1. The number of carbonyl (C=O) groups is 1. The number of hydrogen-bond acceptors (Lipinski definition) is 5. The first-order valence-electron chi connectivity index (χ1n) is 6.48. The Morgan fingerprint density at radius 1 is 1.22 bits per heavy atom. The van der Waals surface area contributed by atoms with Gasteiger partial charge in [0.2, 0.25) is 0 Å². The van der Waals surface area contributed by atoms with Crippen molar-refractivity contribution in [1.82, 2.24) is 0 Å². The van der Waals surface area contributed by atoms with E-state index in [4.69, 9.17) is 5.11 Å². The van der Waals surface area contributed by atoms with E-state index in [0.717, 1.165) is 6.08 Å². The summed E-state index contributed by atoms with van der Waals surface area (Å²) in [7, 11) is 0. The summed E-state index contributed by atoms with van der Waals surface area (Å²) in [5.41, 5.74) is 1.22. The Morgan fingerprint density at radius 3 is 2.70 bits per heavy atom. The van der Waals surface area contributed by atoms with Gasteiger partial charge in [0.1, 0.15) is 5.75 Å². The minimum atomic E-state index is -1.06. The third kappa shape index (κ3) is 4.50. The minimum absolute atomic E-state index is 0.124. The molecule has 0 saturated heterocycles. The van der Waals surface area contributed by atoms with Crippen molar-refractivity contribution < 1.29 is 19.9 Å². The number of aliphatic imine (C=N–C) groups is 1. The normalized spacial score (nSPS) is 11.1. The molecule has 7 heteroatoms. The topological polar surface area (TPSA) is 113 Å². The minimum Gasteiger partial charge on any atom is -0.507 e. The van der Waals surface area contributed by atoms with E-state index in [-0.39, 0.29) is 17.0 Å². The van der Waals surface area contributed by atoms with Gasteiger partial charge in [-0.25, -0.2) is 4.79 Å². The Morgan fingerprint density at radius 2 is 2.00 bits per heavy atom. The Balaban J connectivity index is 2.27. The molecule has 2 aromatic rings. The molecule has 0 fully saturated rings. The first-order valence-corrected chi connectivity index (χ1v) is 6.48. The lowest BCUT2D eigenvalue weighted by Crippen LogP contribution is -1.90. The molecule has 0 aliphatic rings. The maximum atomic E-state index is 10.7. The molecule has 116 valence electrons. The highest BCUT2D eigenvalue weighted by Gasteiger charge is 2.08. The first-order chi connectivity index (χ1) is 11.0. The summed E-state index contributed by atoms with van der Waals surface area (Å²) < 4.78 is 0. The molecular weight excluding hydrogens is 300 g/mol. The molecule has 2 rings (SSSR count). The molecule has 0 atom stereocenters. The van der Waals surface area contributed by atoms with Crippen LogP contribution < -0.4 is 0 Å². The highest BCUT2D eigenvalue weighted by molar-refractivity contribution is 5.87. The van der Waals surface area contributed by atoms with Gasteiger partial charge in [0.15, 0.2) is 0 Å². The number of nitro benzene ring substituents is 1. The van der Waals surface area contributed by atoms with E-state index in [2.05, 4.69) is 4.99 Å². The Bertz CT molecular complexity index is 812. The van der Waals surface area contributed by atoms with Crippen LogP contribution in [0.5, 0.6) is 5.75 Å². The van der Waals surface area contributed by atoms with Crippen molar-refractivity contribution in [3.05, 3.63) is 69.8 Å². The summed E-state index contributed by atoms with van der Waals surface area (Å²) in [5.74, 6) is -1.18. The lowest BCUT2D eigenvalue weighted by molar-refractivity contribution is -0.384. The highest BCUT2D eigenvalue weighted by atomic mass is 16.6. The Kier molecular flexibility index (Phi) is 4.83. The maximum absolute atomic E-state index is 10.7. The summed E-state index contributed by atoms with van der Waals surface area (Å²) in [6.45, 7) is 0. The zero-order valence-corrected chi connectivity index (χ0v) is 11.8. The molecule has 23 heavy (non-hydrogen) atoms. The molecule has 0 unspecified atom stereocenters. The molecule has 7 nitrogen and oxygen atoms in total. The smallest absolute Gasteiger partial charge is 0.328 e. The highest BCUT2D eigenvalue weighted by Crippen LogP contribution is 2.22. The molecule has 0 heterocycles. The van der Waals surface area contributed by atoms with Gasteiger partial charge in [-0.1, -0.05) is 12.1 Å². The standard InChI is InChI=1S/C16H12N2O5/c19-15-6-5-14(18(22)23)9-12(15)10-17-13-3-1-2-11(8-13)4-7-16(20)21/h1-10,19H,(H,20,21)/b7-4+,17-10?. The van der Waals surface area contributed by atoms with E-state index in [1.165, 1.54) is 30.5 Å². The lowest BCUT2D eigenvalue weighted by atomic mass is 10.1. The maximum Gasteiger partial charge on any atom is 0.328 e. The van der Waals surface area contributed by atoms with Crippen LogP contribution in [0.3, 0.4) is 0 Å². The number of hydrogen-bond donors (Lipinski definition) is 2. The van der Waals surface area contributed by atoms with Gasteiger partial charge >= 0.3 is 5.97 Å². The van der Waals surface area contributed by atoms with E-state index >= 15 is 0 Å². The van der Waals surface area contributed by atoms with Crippen LogP contribution in [-0.4, -0.2) is 27.3 Å². The average Bonchev–Trinajstić information content (AvgIpc) is 2.52. The van der Waals surface area contributed by atoms with Crippen LogP contribution >= 0.6 is 0 Å². The van der Waals surface area contributed by atoms with Crippen LogP contribution in [0.15, 0.2) is 53.5 Å². The zero-order valence-electron chi connectivity index (χ0n) is 11.8. The van der Waals surface area contributed by atoms with Gasteiger partial charge in [-0.2, -0.15) is 0 Å². The van der Waals surface area contributed by atoms with E-state index in [1.54, 1.807) is 24.3 Å². The molecule has 0 saturated carbocycles. The number of phenolic OH excluding ortho intramolecular Hbond substituents is 1. The van der Waals surface area contributed by atoms with Gasteiger partial charge in [0.05, 0.1) is 10.6 Å². The van der Waals surface area contributed by atoms with Crippen LogP contribution in [0.1, 0.15) is 11.1 Å². The number of phenols is 1. The van der Waals surface area contributed by atoms with Crippen molar-refractivity contribution in [2.45, 2.75) is 0 Å². The van der Waals surface area contributed by atoms with Gasteiger partial charge in [0.25, 0.3) is 5.69 Å². The summed E-state index contributed by atoms with van der Waals surface area (Å²) in [5, 5.41) is 29.0. The zero-order chi connectivity index (χ0) is 16.8. The number of benzene rings is 2. The Labute approximate surface area is 131 Å². The molecule has 0 radical (unpaired) electrons. The number of carboxylic acids is 1. The number of nitro groups is 1. The third-order valence-corrected chi connectivity index (χ3v) is 2.86. The summed E-state index contributed by atoms with van der Waals surface area (Å²) >= 11 is 0. The third-order valence-electron chi connectivity index (χ3n) is 2.86. The molecule has 0 aromatic heterocycles. The SMILES string of the molecule is O=C(O)/C=C/c1cccc(N=Cc2cc([N+](=O)[O-])ccc2O)c1. The molecule has 0 aliphatic heterocycles. The Hall–Kier alpha value is -3.48. The van der Waals surface area contributed by atoms with Crippen LogP contribution in [-0.2, 0) is 4.79 Å². The molecule has 0 amide bonds. The van der Waals surface area contributed by atoms with Crippen LogP contribution in [0, 0.1) is 10.1 Å². The summed E-state index contributed by atoms with van der Waals surface area (Å²) in [4.78, 5) is 24.8. The van der Waals surface area contributed by atoms with Crippen molar-refractivity contribution in [2.24, 2.45) is 4.99 Å². The van der Waals surface area contributed by atoms with Crippen molar-refractivity contribution in [1.29, 1.82) is 0 Å². The van der Waals surface area contributed by atoms with E-state index in [1.807, 2.05) is 0 Å². The van der Waals surface area contributed by atoms with Crippen LogP contribution in [0.25, 0.3) is 6.08 Å². The molecule has 0 aliphatic carbocycles. The van der Waals surface area contributed by atoms with Gasteiger partial charge in [-0.05, 0) is 29.8 Å². The number of carboxylic acid groups (broad SMARTS) is 1. The van der Waals surface area contributed by atoms with Gasteiger partial charge in [-0.3, -0.25) is 15.1 Å². The summed E-state index contributed by atoms with van der Waals surface area (Å²) in [6.07, 6.45) is 3.74. The van der Waals surface area contributed by atoms with Crippen molar-refractivity contribution in [3.8, 4) is 5.75 Å². The number of non-ortho nitro benzene ring substituents is 1. The van der Waals surface area contributed by atoms with Gasteiger partial charge in [-0.15, -0.1) is 0 Å². The summed E-state index contributed by atoms with van der Waals surface area (Å²) in [6, 6.07) is 10.4. The second kappa shape index (κ2) is 6.99. The van der Waals surface area contributed by atoms with E-state index < -0.39 is 10.9 Å².